The number of nitrogens with zero attached hydrogens (tertiary/aromatic N) is 2. The monoisotopic (exact) mass is 330 g/mol. The highest BCUT2D eigenvalue weighted by atomic mass is 35.5. The van der Waals surface area contributed by atoms with Gasteiger partial charge < -0.3 is 4.42 Å². The third kappa shape index (κ3) is 1.99. The minimum Gasteiger partial charge on any atom is -0.436 e. The topological polar surface area (TPSA) is 38.9 Å². The van der Waals surface area contributed by atoms with Crippen LogP contribution in [-0.4, -0.2) is 9.97 Å². The highest BCUT2D eigenvalue weighted by Crippen LogP contribution is 2.33. The first-order chi connectivity index (χ1) is 11.8. The van der Waals surface area contributed by atoms with E-state index in [1.54, 1.807) is 0 Å². The number of rotatable bonds is 1. The maximum atomic E-state index is 6.43. The molecular weight excluding hydrogens is 320 g/mol. The fraction of sp³-hybridized carbons (Fsp3) is 0. The molecule has 0 aliphatic rings. The smallest absolute Gasteiger partial charge is 0.247 e. The van der Waals surface area contributed by atoms with Crippen molar-refractivity contribution in [2.24, 2.45) is 0 Å². The van der Waals surface area contributed by atoms with Gasteiger partial charge in [0.1, 0.15) is 16.8 Å². The van der Waals surface area contributed by atoms with Crippen LogP contribution in [0.15, 0.2) is 71.1 Å². The molecule has 2 aromatic heterocycles. The Morgan fingerprint density at radius 1 is 0.792 bits per heavy atom. The zero-order valence-electron chi connectivity index (χ0n) is 12.5. The van der Waals surface area contributed by atoms with Gasteiger partial charge in [-0.15, -0.1) is 0 Å². The summed E-state index contributed by atoms with van der Waals surface area (Å²) >= 11 is 6.43. The highest BCUT2D eigenvalue weighted by molar-refractivity contribution is 6.32. The van der Waals surface area contributed by atoms with Gasteiger partial charge in [0.05, 0.1) is 0 Å². The molecule has 4 heteroatoms. The minimum absolute atomic E-state index is 0.379. The zero-order valence-corrected chi connectivity index (χ0v) is 13.3. The molecule has 0 atom stereocenters. The summed E-state index contributed by atoms with van der Waals surface area (Å²) in [6.07, 6.45) is 0. The van der Waals surface area contributed by atoms with E-state index in [-0.39, 0.29) is 0 Å². The molecule has 3 aromatic carbocycles. The molecule has 0 saturated heterocycles. The van der Waals surface area contributed by atoms with Gasteiger partial charge in [-0.05, 0) is 29.0 Å². The van der Waals surface area contributed by atoms with Crippen molar-refractivity contribution >= 4 is 44.6 Å². The lowest BCUT2D eigenvalue weighted by Gasteiger charge is -2.05. The largest absolute Gasteiger partial charge is 0.436 e. The van der Waals surface area contributed by atoms with Gasteiger partial charge in [0, 0.05) is 10.9 Å². The van der Waals surface area contributed by atoms with Gasteiger partial charge in [-0.25, -0.2) is 9.97 Å². The Kier molecular flexibility index (Phi) is 2.84. The maximum absolute atomic E-state index is 6.43. The van der Waals surface area contributed by atoms with Crippen LogP contribution in [0.1, 0.15) is 0 Å². The molecule has 0 bridgehead atoms. The predicted molar refractivity (Wildman–Crippen MR) is 97.3 cm³/mol. The summed E-state index contributed by atoms with van der Waals surface area (Å²) in [6, 6.07) is 22.1. The van der Waals surface area contributed by atoms with Crippen LogP contribution in [0.25, 0.3) is 44.2 Å². The molecule has 5 aromatic rings. The van der Waals surface area contributed by atoms with Crippen molar-refractivity contribution in [1.29, 1.82) is 0 Å². The second-order valence-corrected chi connectivity index (χ2v) is 6.03. The summed E-state index contributed by atoms with van der Waals surface area (Å²) < 4.78 is 5.82. The van der Waals surface area contributed by atoms with Crippen LogP contribution in [0, 0.1) is 0 Å². The second-order valence-electron chi connectivity index (χ2n) is 5.68. The fourth-order valence-electron chi connectivity index (χ4n) is 3.02. The van der Waals surface area contributed by atoms with Gasteiger partial charge in [0.15, 0.2) is 5.15 Å². The van der Waals surface area contributed by atoms with Crippen molar-refractivity contribution in [3.05, 3.63) is 71.9 Å². The van der Waals surface area contributed by atoms with E-state index in [0.29, 0.717) is 22.1 Å². The third-order valence-electron chi connectivity index (χ3n) is 4.19. The second kappa shape index (κ2) is 5.05. The number of hydrogen-bond donors (Lipinski definition) is 0. The molecule has 0 N–H and O–H groups in total. The summed E-state index contributed by atoms with van der Waals surface area (Å²) in [5.74, 6) is 0. The van der Waals surface area contributed by atoms with E-state index in [2.05, 4.69) is 34.2 Å². The average molecular weight is 331 g/mol. The lowest BCUT2D eigenvalue weighted by molar-refractivity contribution is 0.653. The van der Waals surface area contributed by atoms with Crippen LogP contribution in [-0.2, 0) is 0 Å². The molecule has 0 radical (unpaired) electrons. The summed E-state index contributed by atoms with van der Waals surface area (Å²) in [5.41, 5.74) is 3.52. The lowest BCUT2D eigenvalue weighted by atomic mass is 10.1. The molecule has 0 aliphatic carbocycles. The molecule has 0 spiro atoms. The van der Waals surface area contributed by atoms with Crippen molar-refractivity contribution < 1.29 is 4.42 Å². The van der Waals surface area contributed by atoms with Gasteiger partial charge >= 0.3 is 0 Å². The summed E-state index contributed by atoms with van der Waals surface area (Å²) in [7, 11) is 0. The highest BCUT2D eigenvalue weighted by Gasteiger charge is 2.15. The Labute approximate surface area is 142 Å². The molecular formula is C20H11ClN2O. The van der Waals surface area contributed by atoms with Crippen LogP contribution in [0.3, 0.4) is 0 Å². The van der Waals surface area contributed by atoms with Crippen molar-refractivity contribution in [2.75, 3.05) is 0 Å². The van der Waals surface area contributed by atoms with Gasteiger partial charge in [-0.1, -0.05) is 60.1 Å². The first kappa shape index (κ1) is 13.5. The van der Waals surface area contributed by atoms with E-state index in [4.69, 9.17) is 16.0 Å². The average Bonchev–Trinajstić information content (AvgIpc) is 2.98. The van der Waals surface area contributed by atoms with E-state index in [1.165, 1.54) is 5.39 Å². The van der Waals surface area contributed by atoms with Crippen LogP contribution in [0.5, 0.6) is 0 Å². The van der Waals surface area contributed by atoms with Crippen LogP contribution < -0.4 is 0 Å². The molecule has 0 amide bonds. The van der Waals surface area contributed by atoms with E-state index in [0.717, 1.165) is 21.9 Å². The van der Waals surface area contributed by atoms with E-state index >= 15 is 0 Å². The molecule has 2 heterocycles. The Hall–Kier alpha value is -2.91. The number of furan rings is 1. The van der Waals surface area contributed by atoms with Gasteiger partial charge in [-0.3, -0.25) is 0 Å². The molecule has 114 valence electrons. The fourth-order valence-corrected chi connectivity index (χ4v) is 3.26. The summed E-state index contributed by atoms with van der Waals surface area (Å²) in [6.45, 7) is 0. The number of benzene rings is 3. The molecule has 0 unspecified atom stereocenters. The van der Waals surface area contributed by atoms with Crippen LogP contribution in [0.2, 0.25) is 5.15 Å². The number of fused-ring (bicyclic) bond motifs is 4. The van der Waals surface area contributed by atoms with Crippen molar-refractivity contribution in [3.63, 3.8) is 0 Å². The van der Waals surface area contributed by atoms with Crippen molar-refractivity contribution in [2.45, 2.75) is 0 Å². The van der Waals surface area contributed by atoms with Crippen molar-refractivity contribution in [3.8, 4) is 11.3 Å². The quantitative estimate of drug-likeness (QED) is 0.387. The Morgan fingerprint density at radius 3 is 2.50 bits per heavy atom. The molecule has 24 heavy (non-hydrogen) atoms. The molecule has 5 rings (SSSR count). The number of halogens is 1. The van der Waals surface area contributed by atoms with Gasteiger partial charge in [0.25, 0.3) is 0 Å². The summed E-state index contributed by atoms with van der Waals surface area (Å²) in [4.78, 5) is 9.16. The van der Waals surface area contributed by atoms with Crippen LogP contribution in [0.4, 0.5) is 0 Å². The lowest BCUT2D eigenvalue weighted by Crippen LogP contribution is -1.89. The zero-order chi connectivity index (χ0) is 16.1. The minimum atomic E-state index is 0.379. The predicted octanol–water partition coefficient (Wildman–Crippen LogP) is 5.85. The first-order valence-corrected chi connectivity index (χ1v) is 8.01. The number of hydrogen-bond acceptors (Lipinski definition) is 3. The van der Waals surface area contributed by atoms with E-state index in [1.807, 2.05) is 42.5 Å². The first-order valence-electron chi connectivity index (χ1n) is 7.63. The number of aromatic nitrogens is 2. The Bertz CT molecular complexity index is 1230. The standard InChI is InChI=1S/C20H11ClN2O/c21-19-17(14-10-9-12-5-1-2-6-13(12)11-14)23-20-18(22-19)15-7-3-4-8-16(15)24-20/h1-11H. The molecule has 0 fully saturated rings. The Morgan fingerprint density at radius 2 is 1.58 bits per heavy atom. The third-order valence-corrected chi connectivity index (χ3v) is 4.46. The van der Waals surface area contributed by atoms with E-state index in [9.17, 15) is 0 Å². The maximum Gasteiger partial charge on any atom is 0.247 e. The molecule has 0 aliphatic heterocycles. The van der Waals surface area contributed by atoms with Gasteiger partial charge in [0.2, 0.25) is 5.71 Å². The molecule has 3 nitrogen and oxygen atoms in total. The number of para-hydroxylation sites is 1. The normalized spacial score (nSPS) is 11.5. The Balaban J connectivity index is 1.78. The van der Waals surface area contributed by atoms with Gasteiger partial charge in [-0.2, -0.15) is 0 Å². The SMILES string of the molecule is Clc1nc2c(nc1-c1ccc3ccccc3c1)oc1ccccc12. The summed E-state index contributed by atoms with van der Waals surface area (Å²) in [5, 5.41) is 3.61. The molecule has 0 saturated carbocycles. The van der Waals surface area contributed by atoms with Crippen molar-refractivity contribution in [1.82, 2.24) is 9.97 Å². The van der Waals surface area contributed by atoms with E-state index < -0.39 is 0 Å². The van der Waals surface area contributed by atoms with Crippen LogP contribution >= 0.6 is 11.6 Å².